The lowest BCUT2D eigenvalue weighted by atomic mass is 9.99. The predicted molar refractivity (Wildman–Crippen MR) is 216 cm³/mol. The monoisotopic (exact) mass is 660 g/mol. The molecule has 0 saturated heterocycles. The van der Waals surface area contributed by atoms with Crippen LogP contribution in [-0.2, 0) is 0 Å². The Morgan fingerprint density at radius 2 is 1.10 bits per heavy atom. The van der Waals surface area contributed by atoms with Gasteiger partial charge >= 0.3 is 0 Å². The van der Waals surface area contributed by atoms with Crippen molar-refractivity contribution in [3.8, 4) is 45.0 Å². The molecule has 0 saturated carbocycles. The molecule has 7 aromatic carbocycles. The summed E-state index contributed by atoms with van der Waals surface area (Å²) < 4.78 is 4.72. The van der Waals surface area contributed by atoms with Crippen LogP contribution in [0.4, 0.5) is 0 Å². The molecule has 240 valence electrons. The maximum atomic E-state index is 5.42. The van der Waals surface area contributed by atoms with Crippen LogP contribution >= 0.6 is 0 Å². The van der Waals surface area contributed by atoms with Crippen LogP contribution in [0.25, 0.3) is 110 Å². The molecule has 1 aliphatic carbocycles. The Bertz CT molecular complexity index is 3290. The summed E-state index contributed by atoms with van der Waals surface area (Å²) in [6, 6.07) is 57.3. The van der Waals surface area contributed by atoms with E-state index in [-0.39, 0.29) is 0 Å². The fourth-order valence-corrected chi connectivity index (χ4v) is 8.86. The molecule has 0 bridgehead atoms. The molecule has 0 aliphatic heterocycles. The van der Waals surface area contributed by atoms with Gasteiger partial charge in [-0.1, -0.05) is 97.1 Å². The highest BCUT2D eigenvalue weighted by molar-refractivity contribution is 6.22. The Hall–Kier alpha value is -7.04. The number of nitrogens with zero attached hydrogens (tertiary/aromatic N) is 4. The molecule has 0 fully saturated rings. The summed E-state index contributed by atoms with van der Waals surface area (Å²) in [7, 11) is 0. The number of hydrogen-bond acceptors (Lipinski definition) is 2. The average Bonchev–Trinajstić information content (AvgIpc) is 3.84. The Kier molecular flexibility index (Phi) is 5.47. The van der Waals surface area contributed by atoms with E-state index in [1.807, 2.05) is 12.4 Å². The first-order chi connectivity index (χ1) is 25.8. The molecule has 4 heterocycles. The molecule has 0 radical (unpaired) electrons. The summed E-state index contributed by atoms with van der Waals surface area (Å²) in [6.45, 7) is 0. The minimum atomic E-state index is 0.912. The molecule has 4 heteroatoms. The number of benzene rings is 7. The van der Waals surface area contributed by atoms with Gasteiger partial charge in [-0.3, -0.25) is 9.55 Å². The van der Waals surface area contributed by atoms with Gasteiger partial charge in [0.05, 0.1) is 27.8 Å². The van der Waals surface area contributed by atoms with Gasteiger partial charge in [-0.2, -0.15) is 0 Å². The number of aromatic nitrogens is 4. The molecule has 0 unspecified atom stereocenters. The lowest BCUT2D eigenvalue weighted by Gasteiger charge is -2.10. The second-order valence-electron chi connectivity index (χ2n) is 13.8. The van der Waals surface area contributed by atoms with Gasteiger partial charge in [0.25, 0.3) is 0 Å². The largest absolute Gasteiger partial charge is 0.309 e. The van der Waals surface area contributed by atoms with Gasteiger partial charge in [-0.15, -0.1) is 0 Å². The van der Waals surface area contributed by atoms with Gasteiger partial charge in [0, 0.05) is 67.1 Å². The van der Waals surface area contributed by atoms with Crippen LogP contribution < -0.4 is 0 Å². The van der Waals surface area contributed by atoms with Gasteiger partial charge in [0.2, 0.25) is 0 Å². The summed E-state index contributed by atoms with van der Waals surface area (Å²) in [4.78, 5) is 9.96. The van der Waals surface area contributed by atoms with Crippen LogP contribution in [0.15, 0.2) is 170 Å². The lowest BCUT2D eigenvalue weighted by molar-refractivity contribution is 1.09. The maximum Gasteiger partial charge on any atom is 0.138 e. The van der Waals surface area contributed by atoms with Gasteiger partial charge in [0.1, 0.15) is 5.82 Å². The zero-order valence-corrected chi connectivity index (χ0v) is 28.0. The van der Waals surface area contributed by atoms with Gasteiger partial charge in [-0.05, 0) is 82.6 Å². The molecule has 0 atom stereocenters. The number of para-hydroxylation sites is 2. The zero-order chi connectivity index (χ0) is 33.9. The molecule has 12 rings (SSSR count). The zero-order valence-electron chi connectivity index (χ0n) is 28.0. The minimum Gasteiger partial charge on any atom is -0.309 e. The standard InChI is InChI=1S/C48H28N4/c1-2-11-33(12-3-1)51-41-16-7-6-14-35(41)38-25-30(18-21-42(38)51)31-19-22-43-39(26-31)47-34-13-5-4-9-29(34)17-23-44(47)52(43)45-24-20-36-40-28-49-27-32-10-8-15-37(46(32)40)48(36)50-45/h1-28H. The molecule has 4 aromatic heterocycles. The molecule has 0 amide bonds. The number of hydrogen-bond donors (Lipinski definition) is 0. The summed E-state index contributed by atoms with van der Waals surface area (Å²) in [5, 5.41) is 9.81. The van der Waals surface area contributed by atoms with Gasteiger partial charge < -0.3 is 4.57 Å². The van der Waals surface area contributed by atoms with Crippen LogP contribution in [0, 0.1) is 0 Å². The highest BCUT2D eigenvalue weighted by atomic mass is 15.1. The Labute approximate surface area is 298 Å². The van der Waals surface area contributed by atoms with Crippen molar-refractivity contribution >= 4 is 65.2 Å². The molecule has 52 heavy (non-hydrogen) atoms. The first kappa shape index (κ1) is 27.7. The van der Waals surface area contributed by atoms with Crippen molar-refractivity contribution in [3.05, 3.63) is 170 Å². The average molecular weight is 661 g/mol. The van der Waals surface area contributed by atoms with Crippen molar-refractivity contribution in [3.63, 3.8) is 0 Å². The lowest BCUT2D eigenvalue weighted by Crippen LogP contribution is -1.98. The Morgan fingerprint density at radius 1 is 0.385 bits per heavy atom. The van der Waals surface area contributed by atoms with Gasteiger partial charge in [0.15, 0.2) is 0 Å². The predicted octanol–water partition coefficient (Wildman–Crippen LogP) is 12.3. The highest BCUT2D eigenvalue weighted by Gasteiger charge is 2.25. The first-order valence-corrected chi connectivity index (χ1v) is 17.7. The van der Waals surface area contributed by atoms with Crippen LogP contribution in [0.1, 0.15) is 0 Å². The van der Waals surface area contributed by atoms with E-state index in [0.29, 0.717) is 0 Å². The maximum absolute atomic E-state index is 5.42. The van der Waals surface area contributed by atoms with Crippen molar-refractivity contribution in [2.75, 3.05) is 0 Å². The number of rotatable bonds is 3. The minimum absolute atomic E-state index is 0.912. The molecule has 0 N–H and O–H groups in total. The van der Waals surface area contributed by atoms with Crippen LogP contribution in [0.5, 0.6) is 0 Å². The first-order valence-electron chi connectivity index (χ1n) is 17.7. The SMILES string of the molecule is c1ccc(-n2c3ccccc3c3cc(-c4ccc5c(c4)c4c6ccccc6ccc4n5-c4ccc5c(n4)-c4cccc6cncc-5c46)ccc32)cc1. The molecular weight excluding hydrogens is 633 g/mol. The highest BCUT2D eigenvalue weighted by Crippen LogP contribution is 2.47. The van der Waals surface area contributed by atoms with E-state index in [4.69, 9.17) is 4.98 Å². The molecule has 11 aromatic rings. The van der Waals surface area contributed by atoms with Crippen LogP contribution in [0.3, 0.4) is 0 Å². The third kappa shape index (κ3) is 3.70. The van der Waals surface area contributed by atoms with E-state index in [1.54, 1.807) is 0 Å². The summed E-state index contributed by atoms with van der Waals surface area (Å²) in [6.07, 6.45) is 3.92. The second kappa shape index (κ2) is 10.3. The molecule has 1 aliphatic rings. The van der Waals surface area contributed by atoms with E-state index in [2.05, 4.69) is 172 Å². The van der Waals surface area contributed by atoms with Crippen molar-refractivity contribution in [2.24, 2.45) is 0 Å². The smallest absolute Gasteiger partial charge is 0.138 e. The van der Waals surface area contributed by atoms with E-state index < -0.39 is 0 Å². The summed E-state index contributed by atoms with van der Waals surface area (Å²) in [5.41, 5.74) is 12.7. The van der Waals surface area contributed by atoms with Crippen LogP contribution in [-0.4, -0.2) is 19.1 Å². The fraction of sp³-hybridized carbons (Fsp3) is 0. The molecule has 4 nitrogen and oxygen atoms in total. The van der Waals surface area contributed by atoms with Crippen molar-refractivity contribution < 1.29 is 0 Å². The Morgan fingerprint density at radius 3 is 1.98 bits per heavy atom. The second-order valence-corrected chi connectivity index (χ2v) is 13.8. The third-order valence-corrected chi connectivity index (χ3v) is 11.1. The quantitative estimate of drug-likeness (QED) is 0.189. The molecule has 0 spiro atoms. The summed E-state index contributed by atoms with van der Waals surface area (Å²) >= 11 is 0. The number of fused-ring (bicyclic) bond motifs is 11. The normalized spacial score (nSPS) is 12.2. The molecular formula is C48H28N4. The van der Waals surface area contributed by atoms with E-state index in [1.165, 1.54) is 71.1 Å². The van der Waals surface area contributed by atoms with E-state index in [9.17, 15) is 0 Å². The van der Waals surface area contributed by atoms with Crippen LogP contribution in [0.2, 0.25) is 0 Å². The third-order valence-electron chi connectivity index (χ3n) is 11.1. The van der Waals surface area contributed by atoms with E-state index in [0.717, 1.165) is 39.1 Å². The Balaban J connectivity index is 1.10. The summed E-state index contributed by atoms with van der Waals surface area (Å²) in [5.74, 6) is 0.912. The van der Waals surface area contributed by atoms with Gasteiger partial charge in [-0.25, -0.2) is 4.98 Å². The fourth-order valence-electron chi connectivity index (χ4n) is 8.86. The van der Waals surface area contributed by atoms with Crippen molar-refractivity contribution in [1.29, 1.82) is 0 Å². The van der Waals surface area contributed by atoms with E-state index >= 15 is 0 Å². The van der Waals surface area contributed by atoms with Crippen molar-refractivity contribution in [1.82, 2.24) is 19.1 Å². The number of pyridine rings is 2. The topological polar surface area (TPSA) is 35.6 Å². The van der Waals surface area contributed by atoms with Crippen molar-refractivity contribution in [2.45, 2.75) is 0 Å².